The maximum atomic E-state index is 5.40. The molecule has 0 aliphatic carbocycles. The van der Waals surface area contributed by atoms with Crippen LogP contribution in [0.3, 0.4) is 0 Å². The summed E-state index contributed by atoms with van der Waals surface area (Å²) in [6, 6.07) is 6.32. The second kappa shape index (κ2) is 2.57. The topological polar surface area (TPSA) is 12.5 Å². The molecule has 0 radical (unpaired) electrons. The van der Waals surface area contributed by atoms with Crippen molar-refractivity contribution in [1.29, 1.82) is 0 Å². The van der Waals surface area contributed by atoms with Gasteiger partial charge in [-0.25, -0.2) is 0 Å². The van der Waals surface area contributed by atoms with Crippen molar-refractivity contribution in [1.82, 2.24) is 0 Å². The highest BCUT2D eigenvalue weighted by Gasteiger charge is 2.42. The van der Waals surface area contributed by atoms with Gasteiger partial charge in [-0.2, -0.15) is 0 Å². The van der Waals surface area contributed by atoms with E-state index in [-0.39, 0.29) is 5.60 Å². The van der Waals surface area contributed by atoms with Crippen LogP contribution < -0.4 is 0 Å². The maximum absolute atomic E-state index is 5.40. The lowest BCUT2D eigenvalue weighted by molar-refractivity contribution is 0.328. The van der Waals surface area contributed by atoms with E-state index in [2.05, 4.69) is 48.0 Å². The van der Waals surface area contributed by atoms with Gasteiger partial charge in [-0.15, -0.1) is 0 Å². The highest BCUT2D eigenvalue weighted by atomic mass is 79.9. The van der Waals surface area contributed by atoms with Crippen LogP contribution in [0.5, 0.6) is 0 Å². The Balaban J connectivity index is 2.48. The molecular weight excluding hydrogens is 216 g/mol. The van der Waals surface area contributed by atoms with E-state index in [1.54, 1.807) is 0 Å². The Morgan fingerprint density at radius 3 is 2.75 bits per heavy atom. The molecule has 1 aliphatic rings. The normalized spacial score (nSPS) is 27.2. The molecule has 1 unspecified atom stereocenters. The van der Waals surface area contributed by atoms with Gasteiger partial charge >= 0.3 is 0 Å². The number of halogens is 1. The Bertz CT molecular complexity index is 316. The average molecular weight is 227 g/mol. The third-order valence-corrected chi connectivity index (χ3v) is 2.84. The van der Waals surface area contributed by atoms with Crippen molar-refractivity contribution in [2.24, 2.45) is 0 Å². The van der Waals surface area contributed by atoms with Crippen molar-refractivity contribution >= 4 is 15.9 Å². The summed E-state index contributed by atoms with van der Waals surface area (Å²) in [5.41, 5.74) is 2.60. The minimum atomic E-state index is -0.00609. The van der Waals surface area contributed by atoms with Crippen molar-refractivity contribution in [3.05, 3.63) is 33.8 Å². The second-order valence-corrected chi connectivity index (χ2v) is 4.39. The molecule has 0 amide bonds. The number of aryl methyl sites for hydroxylation is 1. The van der Waals surface area contributed by atoms with Gasteiger partial charge in [0.15, 0.2) is 0 Å². The van der Waals surface area contributed by atoms with Gasteiger partial charge in [-0.1, -0.05) is 22.0 Å². The van der Waals surface area contributed by atoms with Crippen LogP contribution in [0.2, 0.25) is 0 Å². The van der Waals surface area contributed by atoms with Crippen LogP contribution in [0.15, 0.2) is 22.7 Å². The fourth-order valence-corrected chi connectivity index (χ4v) is 1.79. The number of hydrogen-bond acceptors (Lipinski definition) is 1. The molecule has 1 aromatic rings. The molecule has 12 heavy (non-hydrogen) atoms. The molecule has 1 aromatic carbocycles. The highest BCUT2D eigenvalue weighted by Crippen LogP contribution is 2.40. The lowest BCUT2D eigenvalue weighted by Crippen LogP contribution is -2.04. The molecule has 0 saturated carbocycles. The molecule has 1 saturated heterocycles. The third kappa shape index (κ3) is 1.29. The third-order valence-electron chi connectivity index (χ3n) is 2.35. The molecule has 2 heteroatoms. The molecule has 0 spiro atoms. The van der Waals surface area contributed by atoms with Crippen LogP contribution in [0.25, 0.3) is 0 Å². The number of hydrogen-bond donors (Lipinski definition) is 0. The zero-order valence-electron chi connectivity index (χ0n) is 7.23. The lowest BCUT2D eigenvalue weighted by atomic mass is 9.97. The average Bonchev–Trinajstić information content (AvgIpc) is 2.75. The zero-order valence-corrected chi connectivity index (χ0v) is 8.81. The van der Waals surface area contributed by atoms with Crippen molar-refractivity contribution in [3.63, 3.8) is 0 Å². The first-order valence-electron chi connectivity index (χ1n) is 4.02. The first-order valence-corrected chi connectivity index (χ1v) is 4.82. The number of ether oxygens (including phenoxy) is 1. The van der Waals surface area contributed by atoms with E-state index >= 15 is 0 Å². The van der Waals surface area contributed by atoms with Gasteiger partial charge in [0.2, 0.25) is 0 Å². The van der Waals surface area contributed by atoms with Crippen molar-refractivity contribution in [2.75, 3.05) is 6.61 Å². The Labute approximate surface area is 80.9 Å². The van der Waals surface area contributed by atoms with Gasteiger partial charge in [-0.05, 0) is 37.1 Å². The van der Waals surface area contributed by atoms with E-state index in [0.29, 0.717) is 0 Å². The summed E-state index contributed by atoms with van der Waals surface area (Å²) in [5.74, 6) is 0. The minimum Gasteiger partial charge on any atom is -0.365 e. The maximum Gasteiger partial charge on any atom is 0.114 e. The van der Waals surface area contributed by atoms with Crippen molar-refractivity contribution in [2.45, 2.75) is 19.4 Å². The molecule has 1 aliphatic heterocycles. The van der Waals surface area contributed by atoms with Crippen molar-refractivity contribution in [3.8, 4) is 0 Å². The first kappa shape index (κ1) is 8.27. The monoisotopic (exact) mass is 226 g/mol. The molecule has 1 fully saturated rings. The second-order valence-electron chi connectivity index (χ2n) is 3.48. The van der Waals surface area contributed by atoms with E-state index in [1.807, 2.05) is 0 Å². The fourth-order valence-electron chi connectivity index (χ4n) is 1.43. The fraction of sp³-hybridized carbons (Fsp3) is 0.400. The zero-order chi connectivity index (χ0) is 8.77. The van der Waals surface area contributed by atoms with Crippen LogP contribution >= 0.6 is 15.9 Å². The predicted molar refractivity (Wildman–Crippen MR) is 52.2 cm³/mol. The van der Waals surface area contributed by atoms with E-state index in [4.69, 9.17) is 4.74 Å². The van der Waals surface area contributed by atoms with Crippen molar-refractivity contribution < 1.29 is 4.74 Å². The smallest absolute Gasteiger partial charge is 0.114 e. The van der Waals surface area contributed by atoms with Gasteiger partial charge in [0.05, 0.1) is 6.61 Å². The van der Waals surface area contributed by atoms with Gasteiger partial charge in [-0.3, -0.25) is 0 Å². The largest absolute Gasteiger partial charge is 0.365 e. The number of benzene rings is 1. The summed E-state index contributed by atoms with van der Waals surface area (Å²) in [6.45, 7) is 5.10. The van der Waals surface area contributed by atoms with E-state index in [9.17, 15) is 0 Å². The molecule has 1 atom stereocenters. The SMILES string of the molecule is Cc1ccc(Br)cc1C1(C)CO1. The molecule has 2 rings (SSSR count). The van der Waals surface area contributed by atoms with E-state index in [0.717, 1.165) is 11.1 Å². The van der Waals surface area contributed by atoms with Gasteiger partial charge in [0.25, 0.3) is 0 Å². The lowest BCUT2D eigenvalue weighted by Gasteiger charge is -2.09. The molecule has 0 N–H and O–H groups in total. The van der Waals surface area contributed by atoms with Gasteiger partial charge < -0.3 is 4.74 Å². The molecule has 1 heterocycles. The summed E-state index contributed by atoms with van der Waals surface area (Å²) in [6.07, 6.45) is 0. The summed E-state index contributed by atoms with van der Waals surface area (Å²) < 4.78 is 6.52. The minimum absolute atomic E-state index is 0.00609. The van der Waals surface area contributed by atoms with Crippen LogP contribution in [-0.4, -0.2) is 6.61 Å². The van der Waals surface area contributed by atoms with Crippen LogP contribution in [-0.2, 0) is 10.3 Å². The Kier molecular flexibility index (Phi) is 1.77. The number of epoxide rings is 1. The van der Waals surface area contributed by atoms with E-state index < -0.39 is 0 Å². The quantitative estimate of drug-likeness (QED) is 0.672. The van der Waals surface area contributed by atoms with Crippen LogP contribution in [0.1, 0.15) is 18.1 Å². The Morgan fingerprint density at radius 1 is 1.50 bits per heavy atom. The summed E-state index contributed by atoms with van der Waals surface area (Å²) in [5, 5.41) is 0. The Hall–Kier alpha value is -0.340. The summed E-state index contributed by atoms with van der Waals surface area (Å²) in [7, 11) is 0. The predicted octanol–water partition coefficient (Wildman–Crippen LogP) is 3.00. The molecular formula is C10H11BrO. The first-order chi connectivity index (χ1) is 5.62. The van der Waals surface area contributed by atoms with Crippen LogP contribution in [0, 0.1) is 6.92 Å². The van der Waals surface area contributed by atoms with Gasteiger partial charge in [0, 0.05) is 4.47 Å². The molecule has 0 bridgehead atoms. The standard InChI is InChI=1S/C10H11BrO/c1-7-3-4-8(11)5-9(7)10(2)6-12-10/h3-5H,6H2,1-2H3. The Morgan fingerprint density at radius 2 is 2.17 bits per heavy atom. The molecule has 64 valence electrons. The summed E-state index contributed by atoms with van der Waals surface area (Å²) in [4.78, 5) is 0. The molecule has 1 nitrogen and oxygen atoms in total. The number of rotatable bonds is 1. The highest BCUT2D eigenvalue weighted by molar-refractivity contribution is 9.10. The van der Waals surface area contributed by atoms with Crippen LogP contribution in [0.4, 0.5) is 0 Å². The van der Waals surface area contributed by atoms with E-state index in [1.165, 1.54) is 11.1 Å². The van der Waals surface area contributed by atoms with Gasteiger partial charge in [0.1, 0.15) is 5.60 Å². The summed E-state index contributed by atoms with van der Waals surface area (Å²) >= 11 is 3.46. The molecule has 0 aromatic heterocycles.